The second-order valence-electron chi connectivity index (χ2n) is 7.64. The SMILES string of the molecule is Cl.O=C(c1ccc(-c2cnc(C(F)(F)F)nc2)cc1)N1CCCN(C2CCC2)CC1. The van der Waals surface area contributed by atoms with E-state index >= 15 is 0 Å². The van der Waals surface area contributed by atoms with Crippen LogP contribution in [0.2, 0.25) is 0 Å². The molecule has 1 aliphatic heterocycles. The van der Waals surface area contributed by atoms with E-state index in [0.29, 0.717) is 22.7 Å². The third-order valence-corrected chi connectivity index (χ3v) is 5.78. The van der Waals surface area contributed by atoms with Gasteiger partial charge in [-0.2, -0.15) is 13.2 Å². The van der Waals surface area contributed by atoms with Crippen LogP contribution in [0.25, 0.3) is 11.1 Å². The van der Waals surface area contributed by atoms with Gasteiger partial charge < -0.3 is 4.90 Å². The van der Waals surface area contributed by atoms with Gasteiger partial charge >= 0.3 is 6.18 Å². The fourth-order valence-corrected chi connectivity index (χ4v) is 3.87. The standard InChI is InChI=1S/C21H23F3N4O.ClH/c22-21(23,24)20-25-13-17(14-26-20)15-5-7-16(8-6-15)19(29)28-10-2-9-27(11-12-28)18-3-1-4-18;/h5-8,13-14,18H,1-4,9-12H2;1H. The first kappa shape index (κ1) is 22.5. The first-order chi connectivity index (χ1) is 13.9. The van der Waals surface area contributed by atoms with Gasteiger partial charge in [0.1, 0.15) is 0 Å². The molecule has 9 heteroatoms. The molecule has 0 unspecified atom stereocenters. The highest BCUT2D eigenvalue weighted by molar-refractivity contribution is 5.94. The molecular formula is C21H24ClF3N4O. The fraction of sp³-hybridized carbons (Fsp3) is 0.476. The lowest BCUT2D eigenvalue weighted by Crippen LogP contribution is -2.42. The molecule has 1 aliphatic carbocycles. The summed E-state index contributed by atoms with van der Waals surface area (Å²) in [4.78, 5) is 24.0. The molecule has 2 heterocycles. The molecule has 5 nitrogen and oxygen atoms in total. The van der Waals surface area contributed by atoms with E-state index in [4.69, 9.17) is 0 Å². The molecule has 2 aromatic rings. The molecule has 0 N–H and O–H groups in total. The number of nitrogens with zero attached hydrogens (tertiary/aromatic N) is 4. The number of alkyl halides is 3. The van der Waals surface area contributed by atoms with E-state index in [2.05, 4.69) is 14.9 Å². The summed E-state index contributed by atoms with van der Waals surface area (Å²) < 4.78 is 37.8. The van der Waals surface area contributed by atoms with Crippen molar-refractivity contribution >= 4 is 18.3 Å². The van der Waals surface area contributed by atoms with Crippen LogP contribution in [-0.4, -0.2) is 57.9 Å². The van der Waals surface area contributed by atoms with Crippen LogP contribution in [0, 0.1) is 0 Å². The van der Waals surface area contributed by atoms with Gasteiger partial charge in [-0.3, -0.25) is 9.69 Å². The van der Waals surface area contributed by atoms with Crippen LogP contribution < -0.4 is 0 Å². The second kappa shape index (κ2) is 9.31. The maximum atomic E-state index is 12.9. The monoisotopic (exact) mass is 440 g/mol. The molecule has 1 saturated heterocycles. The van der Waals surface area contributed by atoms with Crippen LogP contribution in [-0.2, 0) is 6.18 Å². The molecule has 2 aliphatic rings. The second-order valence-corrected chi connectivity index (χ2v) is 7.64. The molecule has 2 fully saturated rings. The minimum atomic E-state index is -4.56. The Morgan fingerprint density at radius 1 is 0.900 bits per heavy atom. The molecule has 162 valence electrons. The Bertz CT molecular complexity index is 854. The largest absolute Gasteiger partial charge is 0.451 e. The highest BCUT2D eigenvalue weighted by Gasteiger charge is 2.34. The van der Waals surface area contributed by atoms with Crippen molar-refractivity contribution in [2.24, 2.45) is 0 Å². The van der Waals surface area contributed by atoms with E-state index in [1.165, 1.54) is 19.3 Å². The van der Waals surface area contributed by atoms with E-state index in [9.17, 15) is 18.0 Å². The van der Waals surface area contributed by atoms with Crippen molar-refractivity contribution in [1.29, 1.82) is 0 Å². The minimum Gasteiger partial charge on any atom is -0.337 e. The van der Waals surface area contributed by atoms with Gasteiger partial charge in [-0.25, -0.2) is 9.97 Å². The number of amides is 1. The number of halogens is 4. The lowest BCUT2D eigenvalue weighted by molar-refractivity contribution is -0.144. The number of hydrogen-bond donors (Lipinski definition) is 0. The van der Waals surface area contributed by atoms with Gasteiger partial charge in [-0.05, 0) is 37.0 Å². The first-order valence-corrected chi connectivity index (χ1v) is 9.95. The molecule has 4 rings (SSSR count). The highest BCUT2D eigenvalue weighted by atomic mass is 35.5. The Hall–Kier alpha value is -2.19. The van der Waals surface area contributed by atoms with Crippen molar-refractivity contribution in [2.75, 3.05) is 26.2 Å². The zero-order valence-corrected chi connectivity index (χ0v) is 17.3. The third kappa shape index (κ3) is 4.92. The average molecular weight is 441 g/mol. The summed E-state index contributed by atoms with van der Waals surface area (Å²) in [6.45, 7) is 3.43. The van der Waals surface area contributed by atoms with Crippen molar-refractivity contribution < 1.29 is 18.0 Å². The molecule has 0 radical (unpaired) electrons. The molecule has 0 atom stereocenters. The number of hydrogen-bond acceptors (Lipinski definition) is 4. The van der Waals surface area contributed by atoms with Crippen LogP contribution in [0.1, 0.15) is 41.9 Å². The quantitative estimate of drug-likeness (QED) is 0.714. The van der Waals surface area contributed by atoms with E-state index in [1.54, 1.807) is 24.3 Å². The third-order valence-electron chi connectivity index (χ3n) is 5.78. The molecule has 1 amide bonds. The Morgan fingerprint density at radius 2 is 1.57 bits per heavy atom. The van der Waals surface area contributed by atoms with Crippen molar-refractivity contribution in [2.45, 2.75) is 37.9 Å². The van der Waals surface area contributed by atoms with E-state index < -0.39 is 12.0 Å². The number of aromatic nitrogens is 2. The normalized spacial score (nSPS) is 18.3. The lowest BCUT2D eigenvalue weighted by Gasteiger charge is -2.36. The Kier molecular flexibility index (Phi) is 6.98. The Morgan fingerprint density at radius 3 is 2.13 bits per heavy atom. The number of benzene rings is 1. The van der Waals surface area contributed by atoms with Crippen molar-refractivity contribution in [1.82, 2.24) is 19.8 Å². The van der Waals surface area contributed by atoms with Crippen molar-refractivity contribution in [3.05, 3.63) is 48.0 Å². The summed E-state index contributed by atoms with van der Waals surface area (Å²) in [7, 11) is 0. The molecular weight excluding hydrogens is 417 g/mol. The number of carbonyl (C=O) groups is 1. The summed E-state index contributed by atoms with van der Waals surface area (Å²) in [6, 6.07) is 7.55. The van der Waals surface area contributed by atoms with Crippen LogP contribution >= 0.6 is 12.4 Å². The molecule has 0 bridgehead atoms. The van der Waals surface area contributed by atoms with Gasteiger partial charge in [0.05, 0.1) is 0 Å². The maximum Gasteiger partial charge on any atom is 0.451 e. The predicted molar refractivity (Wildman–Crippen MR) is 109 cm³/mol. The van der Waals surface area contributed by atoms with Gasteiger partial charge in [0.25, 0.3) is 5.91 Å². The van der Waals surface area contributed by atoms with E-state index in [1.807, 2.05) is 4.90 Å². The molecule has 30 heavy (non-hydrogen) atoms. The van der Waals surface area contributed by atoms with Gasteiger partial charge in [-0.1, -0.05) is 18.6 Å². The van der Waals surface area contributed by atoms with Gasteiger partial charge in [0, 0.05) is 55.7 Å². The van der Waals surface area contributed by atoms with Crippen molar-refractivity contribution in [3.63, 3.8) is 0 Å². The highest BCUT2D eigenvalue weighted by Crippen LogP contribution is 2.28. The maximum absolute atomic E-state index is 12.9. The number of carbonyl (C=O) groups excluding carboxylic acids is 1. The zero-order chi connectivity index (χ0) is 20.4. The minimum absolute atomic E-state index is 0. The average Bonchev–Trinajstić information content (AvgIpc) is 2.92. The van der Waals surface area contributed by atoms with E-state index in [-0.39, 0.29) is 18.3 Å². The first-order valence-electron chi connectivity index (χ1n) is 9.95. The molecule has 0 spiro atoms. The number of rotatable bonds is 3. The van der Waals surface area contributed by atoms with Crippen LogP contribution in [0.4, 0.5) is 13.2 Å². The summed E-state index contributed by atoms with van der Waals surface area (Å²) in [5, 5.41) is 0. The molecule has 1 saturated carbocycles. The summed E-state index contributed by atoms with van der Waals surface area (Å²) >= 11 is 0. The van der Waals surface area contributed by atoms with Crippen LogP contribution in [0.3, 0.4) is 0 Å². The summed E-state index contributed by atoms with van der Waals surface area (Å²) in [6.07, 6.45) is 2.55. The van der Waals surface area contributed by atoms with Crippen LogP contribution in [0.5, 0.6) is 0 Å². The van der Waals surface area contributed by atoms with Gasteiger partial charge in [0.2, 0.25) is 5.82 Å². The Labute approximate surface area is 179 Å². The molecule has 1 aromatic carbocycles. The smallest absolute Gasteiger partial charge is 0.337 e. The Balaban J connectivity index is 0.00000256. The van der Waals surface area contributed by atoms with Gasteiger partial charge in [-0.15, -0.1) is 12.4 Å². The van der Waals surface area contributed by atoms with Gasteiger partial charge in [0.15, 0.2) is 0 Å². The summed E-state index contributed by atoms with van der Waals surface area (Å²) in [5.74, 6) is -1.17. The molecule has 1 aromatic heterocycles. The lowest BCUT2D eigenvalue weighted by atomic mass is 9.91. The predicted octanol–water partition coefficient (Wildman–Crippen LogP) is 4.28. The van der Waals surface area contributed by atoms with E-state index in [0.717, 1.165) is 45.0 Å². The fourth-order valence-electron chi connectivity index (χ4n) is 3.87. The van der Waals surface area contributed by atoms with Crippen LogP contribution in [0.15, 0.2) is 36.7 Å². The topological polar surface area (TPSA) is 49.3 Å². The summed E-state index contributed by atoms with van der Waals surface area (Å²) in [5.41, 5.74) is 1.73. The van der Waals surface area contributed by atoms with Crippen molar-refractivity contribution in [3.8, 4) is 11.1 Å². The zero-order valence-electron chi connectivity index (χ0n) is 16.4.